The van der Waals surface area contributed by atoms with Crippen LogP contribution in [0.3, 0.4) is 0 Å². The molecule has 1 aliphatic heterocycles. The zero-order valence-electron chi connectivity index (χ0n) is 25.8. The molecule has 5 rings (SSSR count). The molecule has 0 unspecified atom stereocenters. The number of amides is 2. The Morgan fingerprint density at radius 2 is 1.51 bits per heavy atom. The van der Waals surface area contributed by atoms with E-state index in [0.29, 0.717) is 43.3 Å². The number of rotatable bonds is 14. The van der Waals surface area contributed by atoms with Crippen LogP contribution in [-0.2, 0) is 21.5 Å². The molecule has 9 nitrogen and oxygen atoms in total. The third-order valence-corrected chi connectivity index (χ3v) is 10.5. The van der Waals surface area contributed by atoms with Crippen LogP contribution in [0.2, 0.25) is 5.02 Å². The van der Waals surface area contributed by atoms with Gasteiger partial charge in [0, 0.05) is 59.9 Å². The van der Waals surface area contributed by atoms with E-state index in [-0.39, 0.29) is 30.6 Å². The number of piperidine rings is 1. The van der Waals surface area contributed by atoms with E-state index in [1.54, 1.807) is 24.3 Å². The van der Waals surface area contributed by atoms with Crippen molar-refractivity contribution in [3.8, 4) is 11.1 Å². The van der Waals surface area contributed by atoms with Crippen molar-refractivity contribution in [3.05, 3.63) is 119 Å². The fraction of sp³-hybridized carbons (Fsp3) is 0.257. The van der Waals surface area contributed by atoms with Crippen molar-refractivity contribution in [2.45, 2.75) is 30.3 Å². The van der Waals surface area contributed by atoms with E-state index in [9.17, 15) is 18.0 Å². The average Bonchev–Trinajstić information content (AvgIpc) is 3.08. The van der Waals surface area contributed by atoms with E-state index < -0.39 is 16.1 Å². The third kappa shape index (κ3) is 10.3. The molecule has 246 valence electrons. The van der Waals surface area contributed by atoms with Gasteiger partial charge < -0.3 is 16.0 Å². The maximum atomic E-state index is 12.9. The summed E-state index contributed by atoms with van der Waals surface area (Å²) in [6, 6.07) is 32.3. The molecule has 0 spiro atoms. The predicted octanol–water partition coefficient (Wildman–Crippen LogP) is 5.56. The Kier molecular flexibility index (Phi) is 12.3. The fourth-order valence-corrected chi connectivity index (χ4v) is 7.29. The van der Waals surface area contributed by atoms with Gasteiger partial charge in [-0.3, -0.25) is 9.59 Å². The van der Waals surface area contributed by atoms with Crippen molar-refractivity contribution in [2.24, 2.45) is 0 Å². The van der Waals surface area contributed by atoms with Gasteiger partial charge in [-0.1, -0.05) is 66.2 Å². The van der Waals surface area contributed by atoms with E-state index in [1.807, 2.05) is 66.7 Å². The first-order valence-corrected chi connectivity index (χ1v) is 18.2. The summed E-state index contributed by atoms with van der Waals surface area (Å²) in [7, 11) is -4.02. The summed E-state index contributed by atoms with van der Waals surface area (Å²) < 4.78 is 29.3. The minimum absolute atomic E-state index is 0.0846. The molecule has 0 saturated carbocycles. The van der Waals surface area contributed by atoms with Gasteiger partial charge in [-0.2, -0.15) is 12.7 Å². The highest BCUT2D eigenvalue weighted by atomic mass is 35.5. The lowest BCUT2D eigenvalue weighted by Crippen LogP contribution is -2.50. The number of thioether (sulfide) groups is 1. The maximum absolute atomic E-state index is 12.9. The average molecular weight is 692 g/mol. The molecule has 1 saturated heterocycles. The monoisotopic (exact) mass is 691 g/mol. The molecular formula is C35H38ClN5O4S2. The van der Waals surface area contributed by atoms with Gasteiger partial charge in [-0.05, 0) is 78.1 Å². The number of nitrogens with zero attached hydrogens (tertiary/aromatic N) is 1. The molecule has 4 aromatic rings. The van der Waals surface area contributed by atoms with Crippen LogP contribution in [-0.4, -0.2) is 62.5 Å². The second-order valence-corrected chi connectivity index (χ2v) is 14.3. The molecule has 1 aliphatic rings. The largest absolute Gasteiger partial charge is 0.384 e. The van der Waals surface area contributed by atoms with Crippen LogP contribution in [0.25, 0.3) is 11.1 Å². The number of hydrogen-bond donors (Lipinski definition) is 4. The summed E-state index contributed by atoms with van der Waals surface area (Å²) in [5.41, 5.74) is 4.52. The highest BCUT2D eigenvalue weighted by molar-refractivity contribution is 8.00. The Morgan fingerprint density at radius 3 is 2.23 bits per heavy atom. The van der Waals surface area contributed by atoms with Crippen LogP contribution in [0.5, 0.6) is 0 Å². The molecule has 1 fully saturated rings. The van der Waals surface area contributed by atoms with Crippen molar-refractivity contribution in [1.29, 1.82) is 0 Å². The molecule has 0 atom stereocenters. The molecule has 12 heteroatoms. The van der Waals surface area contributed by atoms with Crippen molar-refractivity contribution < 1.29 is 18.0 Å². The quantitative estimate of drug-likeness (QED) is 0.101. The Morgan fingerprint density at radius 1 is 0.830 bits per heavy atom. The molecule has 0 aromatic heterocycles. The highest BCUT2D eigenvalue weighted by Crippen LogP contribution is 2.25. The number of hydrogen-bond acceptors (Lipinski definition) is 7. The zero-order chi connectivity index (χ0) is 33.1. The van der Waals surface area contributed by atoms with Crippen LogP contribution in [0, 0.1) is 0 Å². The molecule has 0 aliphatic carbocycles. The standard InChI is InChI=1S/C35H38ClN5O4S2/c36-29-14-10-26(11-15-29)33-9-5-4-6-28(33)24-37-20-21-38-30-16-12-27(13-17-30)35(43)40-47(44,45)41-22-18-31(19-23-41)39-34(42)25-46-32-7-2-1-3-8-32/h1-17,31,37-38H,18-25H2,(H,39,42)(H,40,43). The summed E-state index contributed by atoms with van der Waals surface area (Å²) in [5.74, 6) is -0.477. The van der Waals surface area contributed by atoms with Crippen molar-refractivity contribution in [2.75, 3.05) is 37.2 Å². The third-order valence-electron chi connectivity index (χ3n) is 7.76. The smallest absolute Gasteiger partial charge is 0.304 e. The van der Waals surface area contributed by atoms with Crippen molar-refractivity contribution >= 4 is 51.1 Å². The minimum atomic E-state index is -4.02. The SMILES string of the molecule is O=C(CSc1ccccc1)NC1CCN(S(=O)(=O)NC(=O)c2ccc(NCCNCc3ccccc3-c3ccc(Cl)cc3)cc2)CC1. The first-order valence-electron chi connectivity index (χ1n) is 15.4. The molecule has 47 heavy (non-hydrogen) atoms. The number of nitrogens with one attached hydrogen (secondary N) is 4. The maximum Gasteiger partial charge on any atom is 0.304 e. The first kappa shape index (κ1) is 34.5. The minimum Gasteiger partial charge on any atom is -0.384 e. The lowest BCUT2D eigenvalue weighted by atomic mass is 10.00. The molecule has 0 bridgehead atoms. The zero-order valence-corrected chi connectivity index (χ0v) is 28.2. The molecule has 1 heterocycles. The molecule has 4 N–H and O–H groups in total. The number of carbonyl (C=O) groups excluding carboxylic acids is 2. The van der Waals surface area contributed by atoms with E-state index >= 15 is 0 Å². The van der Waals surface area contributed by atoms with Crippen LogP contribution in [0.15, 0.2) is 108 Å². The second-order valence-electron chi connectivity index (χ2n) is 11.1. The summed E-state index contributed by atoms with van der Waals surface area (Å²) in [5, 5.41) is 10.5. The van der Waals surface area contributed by atoms with E-state index in [0.717, 1.165) is 21.7 Å². The molecule has 2 amide bonds. The molecule has 0 radical (unpaired) electrons. The van der Waals surface area contributed by atoms with Gasteiger partial charge in [-0.25, -0.2) is 4.72 Å². The number of benzene rings is 4. The summed E-state index contributed by atoms with van der Waals surface area (Å²) in [6.45, 7) is 2.49. The Bertz CT molecular complexity index is 1730. The van der Waals surface area contributed by atoms with Crippen LogP contribution >= 0.6 is 23.4 Å². The van der Waals surface area contributed by atoms with E-state index in [1.165, 1.54) is 21.6 Å². The van der Waals surface area contributed by atoms with E-state index in [2.05, 4.69) is 32.8 Å². The number of anilines is 1. The normalized spacial score (nSPS) is 14.0. The fourth-order valence-electron chi connectivity index (χ4n) is 5.26. The lowest BCUT2D eigenvalue weighted by molar-refractivity contribution is -0.119. The Labute approximate surface area is 285 Å². The molecule has 4 aromatic carbocycles. The first-order chi connectivity index (χ1) is 22.8. The van der Waals surface area contributed by atoms with Crippen LogP contribution in [0.4, 0.5) is 5.69 Å². The van der Waals surface area contributed by atoms with Crippen molar-refractivity contribution in [3.63, 3.8) is 0 Å². The van der Waals surface area contributed by atoms with Gasteiger partial charge in [0.05, 0.1) is 5.75 Å². The van der Waals surface area contributed by atoms with Gasteiger partial charge in [0.1, 0.15) is 0 Å². The lowest BCUT2D eigenvalue weighted by Gasteiger charge is -2.31. The summed E-state index contributed by atoms with van der Waals surface area (Å²) >= 11 is 7.50. The topological polar surface area (TPSA) is 120 Å². The van der Waals surface area contributed by atoms with Crippen LogP contribution < -0.4 is 20.7 Å². The molecular weight excluding hydrogens is 654 g/mol. The predicted molar refractivity (Wildman–Crippen MR) is 190 cm³/mol. The van der Waals surface area contributed by atoms with Crippen molar-refractivity contribution in [1.82, 2.24) is 19.7 Å². The van der Waals surface area contributed by atoms with Gasteiger partial charge in [0.2, 0.25) is 5.91 Å². The Hall–Kier alpha value is -3.87. The number of halogens is 1. The van der Waals surface area contributed by atoms with Gasteiger partial charge in [0.25, 0.3) is 5.91 Å². The van der Waals surface area contributed by atoms with Gasteiger partial charge in [0.15, 0.2) is 0 Å². The summed E-state index contributed by atoms with van der Waals surface area (Å²) in [6.07, 6.45) is 0.946. The second kappa shape index (κ2) is 16.8. The Balaban J connectivity index is 1.01. The number of carbonyl (C=O) groups is 2. The summed E-state index contributed by atoms with van der Waals surface area (Å²) in [4.78, 5) is 26.2. The van der Waals surface area contributed by atoms with Gasteiger partial charge in [-0.15, -0.1) is 11.8 Å². The van der Waals surface area contributed by atoms with E-state index in [4.69, 9.17) is 11.6 Å². The van der Waals surface area contributed by atoms with Gasteiger partial charge >= 0.3 is 10.2 Å². The highest BCUT2D eigenvalue weighted by Gasteiger charge is 2.30. The van der Waals surface area contributed by atoms with Crippen LogP contribution in [0.1, 0.15) is 28.8 Å².